The molecule has 1 aromatic heterocycles. The lowest BCUT2D eigenvalue weighted by molar-refractivity contribution is -0.136. The minimum absolute atomic E-state index is 0.0693. The highest BCUT2D eigenvalue weighted by molar-refractivity contribution is 7.10. The van der Waals surface area contributed by atoms with Crippen LogP contribution in [0.1, 0.15) is 57.5 Å². The van der Waals surface area contributed by atoms with Crippen molar-refractivity contribution in [3.63, 3.8) is 0 Å². The van der Waals surface area contributed by atoms with Crippen molar-refractivity contribution in [2.45, 2.75) is 64.7 Å². The lowest BCUT2D eigenvalue weighted by Gasteiger charge is -2.45. The third kappa shape index (κ3) is 2.29. The van der Waals surface area contributed by atoms with Gasteiger partial charge in [0, 0.05) is 10.9 Å². The number of hydrogen-bond acceptors (Lipinski definition) is 3. The Hall–Kier alpha value is -0.870. The molecule has 0 radical (unpaired) electrons. The van der Waals surface area contributed by atoms with Crippen molar-refractivity contribution < 1.29 is 4.79 Å². The van der Waals surface area contributed by atoms with E-state index in [-0.39, 0.29) is 23.5 Å². The summed E-state index contributed by atoms with van der Waals surface area (Å²) in [5, 5.41) is 5.57. The van der Waals surface area contributed by atoms with E-state index in [1.54, 1.807) is 11.3 Å². The molecule has 0 bridgehead atoms. The molecular weight excluding hydrogens is 268 g/mol. The van der Waals surface area contributed by atoms with Gasteiger partial charge in [-0.2, -0.15) is 0 Å². The van der Waals surface area contributed by atoms with Crippen molar-refractivity contribution in [3.8, 4) is 0 Å². The van der Waals surface area contributed by atoms with Gasteiger partial charge in [0.15, 0.2) is 0 Å². The molecule has 1 aromatic rings. The van der Waals surface area contributed by atoms with Crippen LogP contribution in [0.25, 0.3) is 0 Å². The number of nitrogens with one attached hydrogen (secondary N) is 1. The van der Waals surface area contributed by atoms with Crippen LogP contribution >= 0.6 is 11.3 Å². The maximum atomic E-state index is 12.7. The predicted molar refractivity (Wildman–Crippen MR) is 82.5 cm³/mol. The Morgan fingerprint density at radius 1 is 1.40 bits per heavy atom. The lowest BCUT2D eigenvalue weighted by atomic mass is 9.72. The Labute approximate surface area is 125 Å². The molecule has 0 aromatic carbocycles. The SMILES string of the molecule is CC1NC(c2cccs2)N(C2CCCCC2(C)C)C1=O. The van der Waals surface area contributed by atoms with E-state index in [0.717, 1.165) is 6.42 Å². The van der Waals surface area contributed by atoms with E-state index < -0.39 is 0 Å². The first-order valence-corrected chi connectivity index (χ1v) is 8.50. The van der Waals surface area contributed by atoms with Crippen LogP contribution in [0.15, 0.2) is 17.5 Å². The number of nitrogens with zero attached hydrogens (tertiary/aromatic N) is 1. The van der Waals surface area contributed by atoms with Gasteiger partial charge in [-0.25, -0.2) is 0 Å². The molecule has 20 heavy (non-hydrogen) atoms. The summed E-state index contributed by atoms with van der Waals surface area (Å²) in [5.41, 5.74) is 0.217. The van der Waals surface area contributed by atoms with Crippen molar-refractivity contribution in [3.05, 3.63) is 22.4 Å². The normalized spacial score (nSPS) is 33.6. The van der Waals surface area contributed by atoms with Crippen molar-refractivity contribution in [1.82, 2.24) is 10.2 Å². The van der Waals surface area contributed by atoms with E-state index >= 15 is 0 Å². The van der Waals surface area contributed by atoms with Crippen LogP contribution in [0.3, 0.4) is 0 Å². The first-order chi connectivity index (χ1) is 9.50. The zero-order valence-electron chi connectivity index (χ0n) is 12.6. The zero-order valence-corrected chi connectivity index (χ0v) is 13.4. The Morgan fingerprint density at radius 3 is 2.85 bits per heavy atom. The van der Waals surface area contributed by atoms with Gasteiger partial charge in [0.2, 0.25) is 5.91 Å². The maximum absolute atomic E-state index is 12.7. The smallest absolute Gasteiger partial charge is 0.241 e. The number of carbonyl (C=O) groups excluding carboxylic acids is 1. The van der Waals surface area contributed by atoms with E-state index in [4.69, 9.17) is 0 Å². The standard InChI is InChI=1S/C16H24N2OS/c1-11-15(19)18(13-8-4-5-9-16(13,2)3)14(17-11)12-7-6-10-20-12/h6-7,10-11,13-14,17H,4-5,8-9H2,1-3H3. The van der Waals surface area contributed by atoms with Crippen molar-refractivity contribution >= 4 is 17.2 Å². The molecule has 2 heterocycles. The quantitative estimate of drug-likeness (QED) is 0.904. The highest BCUT2D eigenvalue weighted by Crippen LogP contribution is 2.43. The van der Waals surface area contributed by atoms with Crippen LogP contribution in [0, 0.1) is 5.41 Å². The molecule has 3 nitrogen and oxygen atoms in total. The van der Waals surface area contributed by atoms with Gasteiger partial charge in [-0.15, -0.1) is 11.3 Å². The number of carbonyl (C=O) groups is 1. The highest BCUT2D eigenvalue weighted by Gasteiger charge is 2.47. The minimum Gasteiger partial charge on any atom is -0.317 e. The minimum atomic E-state index is -0.0696. The summed E-state index contributed by atoms with van der Waals surface area (Å²) in [6.07, 6.45) is 4.95. The molecule has 1 saturated carbocycles. The van der Waals surface area contributed by atoms with Crippen LogP contribution < -0.4 is 5.32 Å². The largest absolute Gasteiger partial charge is 0.317 e. The fourth-order valence-corrected chi connectivity index (χ4v) is 4.51. The Bertz CT molecular complexity index is 483. The van der Waals surface area contributed by atoms with Crippen molar-refractivity contribution in [2.24, 2.45) is 5.41 Å². The second-order valence-corrected chi connectivity index (χ2v) is 7.78. The molecule has 3 rings (SSSR count). The van der Waals surface area contributed by atoms with Crippen LogP contribution in [0.5, 0.6) is 0 Å². The molecule has 2 aliphatic rings. The monoisotopic (exact) mass is 292 g/mol. The van der Waals surface area contributed by atoms with E-state index in [2.05, 4.69) is 41.6 Å². The van der Waals surface area contributed by atoms with Crippen LogP contribution in [0.2, 0.25) is 0 Å². The first kappa shape index (κ1) is 14.1. The average Bonchev–Trinajstić information content (AvgIpc) is 3.00. The van der Waals surface area contributed by atoms with Gasteiger partial charge in [-0.1, -0.05) is 32.8 Å². The second kappa shape index (κ2) is 5.15. The van der Waals surface area contributed by atoms with Gasteiger partial charge in [0.05, 0.1) is 6.04 Å². The molecule has 1 aliphatic carbocycles. The van der Waals surface area contributed by atoms with Crippen LogP contribution in [0.4, 0.5) is 0 Å². The average molecular weight is 292 g/mol. The molecule has 1 saturated heterocycles. The van der Waals surface area contributed by atoms with Crippen LogP contribution in [-0.2, 0) is 4.79 Å². The van der Waals surface area contributed by atoms with E-state index in [1.165, 1.54) is 24.1 Å². The Balaban J connectivity index is 1.93. The number of thiophene rings is 1. The summed E-state index contributed by atoms with van der Waals surface area (Å²) >= 11 is 1.74. The second-order valence-electron chi connectivity index (χ2n) is 6.80. The number of rotatable bonds is 2. The topological polar surface area (TPSA) is 32.3 Å². The number of hydrogen-bond donors (Lipinski definition) is 1. The molecule has 3 atom stereocenters. The van der Waals surface area contributed by atoms with E-state index in [9.17, 15) is 4.79 Å². The van der Waals surface area contributed by atoms with Gasteiger partial charge in [-0.05, 0) is 36.6 Å². The maximum Gasteiger partial charge on any atom is 0.241 e. The zero-order chi connectivity index (χ0) is 14.3. The molecule has 110 valence electrons. The molecule has 2 fully saturated rings. The number of amides is 1. The van der Waals surface area contributed by atoms with E-state index in [1.807, 2.05) is 6.92 Å². The van der Waals surface area contributed by atoms with Gasteiger partial charge < -0.3 is 4.90 Å². The molecular formula is C16H24N2OS. The van der Waals surface area contributed by atoms with Crippen molar-refractivity contribution in [1.29, 1.82) is 0 Å². The fourth-order valence-electron chi connectivity index (χ4n) is 3.73. The van der Waals surface area contributed by atoms with Crippen molar-refractivity contribution in [2.75, 3.05) is 0 Å². The summed E-state index contributed by atoms with van der Waals surface area (Å²) in [6, 6.07) is 4.49. The first-order valence-electron chi connectivity index (χ1n) is 7.62. The Kier molecular flexibility index (Phi) is 3.63. The van der Waals surface area contributed by atoms with Gasteiger partial charge in [0.25, 0.3) is 0 Å². The molecule has 4 heteroatoms. The van der Waals surface area contributed by atoms with Crippen LogP contribution in [-0.4, -0.2) is 22.9 Å². The Morgan fingerprint density at radius 2 is 2.20 bits per heavy atom. The lowest BCUT2D eigenvalue weighted by Crippen LogP contribution is -2.49. The fraction of sp³-hybridized carbons (Fsp3) is 0.688. The molecule has 1 N–H and O–H groups in total. The van der Waals surface area contributed by atoms with Gasteiger partial charge in [-0.3, -0.25) is 10.1 Å². The third-order valence-corrected chi connectivity index (χ3v) is 5.83. The molecule has 1 aliphatic heterocycles. The summed E-state index contributed by atoms with van der Waals surface area (Å²) in [4.78, 5) is 16.1. The molecule has 1 amide bonds. The predicted octanol–water partition coefficient (Wildman–Crippen LogP) is 3.54. The summed E-state index contributed by atoms with van der Waals surface area (Å²) < 4.78 is 0. The highest BCUT2D eigenvalue weighted by atomic mass is 32.1. The summed E-state index contributed by atoms with van der Waals surface area (Å²) in [7, 11) is 0. The molecule has 3 unspecified atom stereocenters. The van der Waals surface area contributed by atoms with Gasteiger partial charge >= 0.3 is 0 Å². The summed E-state index contributed by atoms with van der Waals surface area (Å²) in [6.45, 7) is 6.62. The summed E-state index contributed by atoms with van der Waals surface area (Å²) in [5.74, 6) is 0.267. The van der Waals surface area contributed by atoms with Gasteiger partial charge in [0.1, 0.15) is 6.17 Å². The third-order valence-electron chi connectivity index (χ3n) is 4.91. The molecule has 0 spiro atoms. The van der Waals surface area contributed by atoms with E-state index in [0.29, 0.717) is 6.04 Å².